The summed E-state index contributed by atoms with van der Waals surface area (Å²) in [6, 6.07) is -1.14. The molecule has 0 bridgehead atoms. The van der Waals surface area contributed by atoms with Gasteiger partial charge in [-0.25, -0.2) is 8.42 Å². The molecular formula is C13H23N3O4S. The van der Waals surface area contributed by atoms with Gasteiger partial charge in [-0.2, -0.15) is 9.82 Å². The minimum Gasteiger partial charge on any atom is -0.480 e. The Hall–Kier alpha value is -1.41. The van der Waals surface area contributed by atoms with Gasteiger partial charge < -0.3 is 5.11 Å². The normalized spacial score (nSPS) is 13.6. The van der Waals surface area contributed by atoms with Gasteiger partial charge in [-0.05, 0) is 33.1 Å². The average molecular weight is 317 g/mol. The van der Waals surface area contributed by atoms with Crippen molar-refractivity contribution in [2.75, 3.05) is 0 Å². The molecule has 1 atom stereocenters. The van der Waals surface area contributed by atoms with Crippen molar-refractivity contribution in [3.63, 3.8) is 0 Å². The van der Waals surface area contributed by atoms with Crippen molar-refractivity contribution in [3.05, 3.63) is 11.4 Å². The smallest absolute Gasteiger partial charge is 0.321 e. The van der Waals surface area contributed by atoms with Crippen LogP contribution in [0.1, 0.15) is 38.6 Å². The quantitative estimate of drug-likeness (QED) is 0.789. The van der Waals surface area contributed by atoms with E-state index in [1.807, 2.05) is 20.8 Å². The van der Waals surface area contributed by atoms with E-state index in [0.717, 1.165) is 0 Å². The molecule has 8 heteroatoms. The topological polar surface area (TPSA) is 101 Å². The van der Waals surface area contributed by atoms with Gasteiger partial charge in [-0.1, -0.05) is 13.8 Å². The van der Waals surface area contributed by atoms with Crippen LogP contribution in [0.2, 0.25) is 0 Å². The second-order valence-electron chi connectivity index (χ2n) is 5.46. The van der Waals surface area contributed by atoms with Gasteiger partial charge in [-0.15, -0.1) is 0 Å². The summed E-state index contributed by atoms with van der Waals surface area (Å²) in [5, 5.41) is 13.3. The average Bonchev–Trinajstić information content (AvgIpc) is 2.62. The molecule has 0 unspecified atom stereocenters. The fourth-order valence-corrected chi connectivity index (χ4v) is 3.91. The summed E-state index contributed by atoms with van der Waals surface area (Å²) in [6.07, 6.45) is 0.231. The number of nitrogens with zero attached hydrogens (tertiary/aromatic N) is 2. The van der Waals surface area contributed by atoms with E-state index in [4.69, 9.17) is 0 Å². The van der Waals surface area contributed by atoms with E-state index in [9.17, 15) is 18.3 Å². The van der Waals surface area contributed by atoms with E-state index >= 15 is 0 Å². The predicted octanol–water partition coefficient (Wildman–Crippen LogP) is 1.30. The Labute approximate surface area is 125 Å². The Morgan fingerprint density at radius 1 is 1.38 bits per heavy atom. The Bertz CT molecular complexity index is 620. The lowest BCUT2D eigenvalue weighted by Gasteiger charge is -2.16. The highest BCUT2D eigenvalue weighted by Gasteiger charge is 2.30. The molecule has 0 radical (unpaired) electrons. The summed E-state index contributed by atoms with van der Waals surface area (Å²) in [6.45, 7) is 9.37. The number of carbonyl (C=O) groups is 1. The molecule has 21 heavy (non-hydrogen) atoms. The van der Waals surface area contributed by atoms with Crippen LogP contribution in [0.4, 0.5) is 0 Å². The van der Waals surface area contributed by atoms with Crippen LogP contribution in [0, 0.1) is 19.8 Å². The zero-order chi connectivity index (χ0) is 16.4. The molecule has 0 aliphatic rings. The summed E-state index contributed by atoms with van der Waals surface area (Å²) >= 11 is 0. The van der Waals surface area contributed by atoms with E-state index in [1.54, 1.807) is 18.5 Å². The molecule has 0 saturated carbocycles. The Balaban J connectivity index is 3.16. The molecule has 0 amide bonds. The second-order valence-corrected chi connectivity index (χ2v) is 7.11. The molecule has 0 fully saturated rings. The molecule has 0 aliphatic carbocycles. The van der Waals surface area contributed by atoms with Gasteiger partial charge in [0.2, 0.25) is 10.0 Å². The third-order valence-corrected chi connectivity index (χ3v) is 4.91. The molecule has 1 aromatic heterocycles. The third kappa shape index (κ3) is 4.04. The molecule has 1 aromatic rings. The lowest BCUT2D eigenvalue weighted by molar-refractivity contribution is -0.139. The summed E-state index contributed by atoms with van der Waals surface area (Å²) in [7, 11) is -3.91. The number of rotatable bonds is 7. The first-order chi connectivity index (χ1) is 9.60. The molecule has 0 aromatic carbocycles. The van der Waals surface area contributed by atoms with Gasteiger partial charge in [-0.3, -0.25) is 9.48 Å². The number of aromatic nitrogens is 2. The number of aryl methyl sites for hydroxylation is 2. The molecular weight excluding hydrogens is 294 g/mol. The van der Waals surface area contributed by atoms with Crippen molar-refractivity contribution in [1.82, 2.24) is 14.5 Å². The molecule has 0 spiro atoms. The molecule has 1 heterocycles. The van der Waals surface area contributed by atoms with Crippen LogP contribution < -0.4 is 4.72 Å². The van der Waals surface area contributed by atoms with Crippen LogP contribution >= 0.6 is 0 Å². The molecule has 0 saturated heterocycles. The number of hydrogen-bond acceptors (Lipinski definition) is 4. The number of carboxylic acid groups (broad SMARTS) is 1. The van der Waals surface area contributed by atoms with Crippen LogP contribution in [0.15, 0.2) is 4.90 Å². The van der Waals surface area contributed by atoms with Crippen molar-refractivity contribution < 1.29 is 18.3 Å². The first kappa shape index (κ1) is 17.6. The maximum absolute atomic E-state index is 12.5. The highest BCUT2D eigenvalue weighted by atomic mass is 32.2. The summed E-state index contributed by atoms with van der Waals surface area (Å²) in [4.78, 5) is 11.3. The summed E-state index contributed by atoms with van der Waals surface area (Å²) < 4.78 is 28.8. The highest BCUT2D eigenvalue weighted by molar-refractivity contribution is 7.89. The van der Waals surface area contributed by atoms with Crippen molar-refractivity contribution in [2.24, 2.45) is 5.92 Å². The zero-order valence-electron chi connectivity index (χ0n) is 13.0. The van der Waals surface area contributed by atoms with Gasteiger partial charge in [0, 0.05) is 6.54 Å². The number of sulfonamides is 1. The number of hydrogen-bond donors (Lipinski definition) is 2. The van der Waals surface area contributed by atoms with Crippen molar-refractivity contribution >= 4 is 16.0 Å². The van der Waals surface area contributed by atoms with Crippen LogP contribution in [0.25, 0.3) is 0 Å². The van der Waals surface area contributed by atoms with Crippen molar-refractivity contribution in [2.45, 2.75) is 58.5 Å². The van der Waals surface area contributed by atoms with Gasteiger partial charge >= 0.3 is 5.97 Å². The van der Waals surface area contributed by atoms with Crippen LogP contribution in [-0.2, 0) is 21.4 Å². The van der Waals surface area contributed by atoms with E-state index < -0.39 is 22.0 Å². The lowest BCUT2D eigenvalue weighted by Crippen LogP contribution is -2.41. The molecule has 120 valence electrons. The molecule has 7 nitrogen and oxygen atoms in total. The van der Waals surface area contributed by atoms with Gasteiger partial charge in [0.1, 0.15) is 10.9 Å². The van der Waals surface area contributed by atoms with E-state index in [2.05, 4.69) is 9.82 Å². The second kappa shape index (κ2) is 6.57. The minimum absolute atomic E-state index is 0.0642. The maximum atomic E-state index is 12.5. The van der Waals surface area contributed by atoms with Crippen LogP contribution in [0.5, 0.6) is 0 Å². The molecule has 1 rings (SSSR count). The zero-order valence-corrected chi connectivity index (χ0v) is 13.9. The first-order valence-corrected chi connectivity index (χ1v) is 8.37. The number of nitrogens with one attached hydrogen (secondary N) is 1. The standard InChI is InChI=1S/C13H23N3O4S/c1-6-16-10(5)12(9(4)14-16)21(19,20)15-11(13(17)18)7-8(2)3/h8,11,15H,6-7H2,1-5H3,(H,17,18)/t11-/m0/s1. The van der Waals surface area contributed by atoms with Crippen LogP contribution in [-0.4, -0.2) is 35.3 Å². The Morgan fingerprint density at radius 2 is 1.95 bits per heavy atom. The van der Waals surface area contributed by atoms with Gasteiger partial charge in [0.25, 0.3) is 0 Å². The van der Waals surface area contributed by atoms with Gasteiger partial charge in [0.05, 0.1) is 11.4 Å². The van der Waals surface area contributed by atoms with Gasteiger partial charge in [0.15, 0.2) is 0 Å². The van der Waals surface area contributed by atoms with E-state index in [0.29, 0.717) is 17.9 Å². The fourth-order valence-electron chi connectivity index (χ4n) is 2.29. The van der Waals surface area contributed by atoms with Crippen molar-refractivity contribution in [3.8, 4) is 0 Å². The number of aliphatic carboxylic acids is 1. The minimum atomic E-state index is -3.91. The Kier molecular flexibility index (Phi) is 5.52. The number of carboxylic acids is 1. The van der Waals surface area contributed by atoms with E-state index in [-0.39, 0.29) is 17.2 Å². The highest BCUT2D eigenvalue weighted by Crippen LogP contribution is 2.20. The van der Waals surface area contributed by atoms with Crippen molar-refractivity contribution in [1.29, 1.82) is 0 Å². The predicted molar refractivity (Wildman–Crippen MR) is 78.6 cm³/mol. The molecule has 2 N–H and O–H groups in total. The largest absolute Gasteiger partial charge is 0.480 e. The van der Waals surface area contributed by atoms with E-state index in [1.165, 1.54) is 0 Å². The summed E-state index contributed by atoms with van der Waals surface area (Å²) in [5.41, 5.74) is 0.881. The summed E-state index contributed by atoms with van der Waals surface area (Å²) in [5.74, 6) is -1.11. The third-order valence-electron chi connectivity index (χ3n) is 3.19. The molecule has 0 aliphatic heterocycles. The first-order valence-electron chi connectivity index (χ1n) is 6.89. The maximum Gasteiger partial charge on any atom is 0.321 e. The fraction of sp³-hybridized carbons (Fsp3) is 0.692. The van der Waals surface area contributed by atoms with Crippen LogP contribution in [0.3, 0.4) is 0 Å². The SMILES string of the molecule is CCn1nc(C)c(S(=O)(=O)N[C@@H](CC(C)C)C(=O)O)c1C. The monoisotopic (exact) mass is 317 g/mol. The Morgan fingerprint density at radius 3 is 2.33 bits per heavy atom. The lowest BCUT2D eigenvalue weighted by atomic mass is 10.1.